The molecular formula is C18H16ClN3O3. The molecule has 128 valence electrons. The number of rotatable bonds is 5. The Balaban J connectivity index is 1.67. The SMILES string of the molecule is Cc1ccccc1-c1nc(NC(=O)[C@@H](C)Oc2ccccc2Cl)no1. The van der Waals surface area contributed by atoms with Crippen LogP contribution >= 0.6 is 11.6 Å². The van der Waals surface area contributed by atoms with Gasteiger partial charge in [0.1, 0.15) is 5.75 Å². The Morgan fingerprint density at radius 3 is 2.68 bits per heavy atom. The lowest BCUT2D eigenvalue weighted by Crippen LogP contribution is -2.30. The molecule has 0 aliphatic rings. The van der Waals surface area contributed by atoms with E-state index in [0.29, 0.717) is 16.7 Å². The summed E-state index contributed by atoms with van der Waals surface area (Å²) in [6.45, 7) is 3.55. The van der Waals surface area contributed by atoms with Gasteiger partial charge in [0, 0.05) is 5.56 Å². The van der Waals surface area contributed by atoms with E-state index in [1.165, 1.54) is 0 Å². The Morgan fingerprint density at radius 1 is 1.20 bits per heavy atom. The molecule has 1 atom stereocenters. The van der Waals surface area contributed by atoms with Crippen LogP contribution in [0.4, 0.5) is 5.95 Å². The molecule has 0 aliphatic heterocycles. The summed E-state index contributed by atoms with van der Waals surface area (Å²) in [5.74, 6) is 0.448. The molecule has 0 aliphatic carbocycles. The highest BCUT2D eigenvalue weighted by atomic mass is 35.5. The van der Waals surface area contributed by atoms with Gasteiger partial charge in [-0.1, -0.05) is 41.9 Å². The fourth-order valence-corrected chi connectivity index (χ4v) is 2.37. The molecule has 1 N–H and O–H groups in total. The zero-order valence-electron chi connectivity index (χ0n) is 13.7. The van der Waals surface area contributed by atoms with E-state index < -0.39 is 12.0 Å². The molecule has 1 heterocycles. The maximum Gasteiger partial charge on any atom is 0.270 e. The smallest absolute Gasteiger partial charge is 0.270 e. The summed E-state index contributed by atoms with van der Waals surface area (Å²) in [6.07, 6.45) is -0.777. The van der Waals surface area contributed by atoms with E-state index in [-0.39, 0.29) is 5.95 Å². The molecule has 1 aromatic heterocycles. The molecule has 3 aromatic rings. The second kappa shape index (κ2) is 7.36. The van der Waals surface area contributed by atoms with Crippen molar-refractivity contribution in [2.45, 2.75) is 20.0 Å². The number of hydrogen-bond donors (Lipinski definition) is 1. The van der Waals surface area contributed by atoms with E-state index in [2.05, 4.69) is 15.5 Å². The number of benzene rings is 2. The third kappa shape index (κ3) is 3.97. The number of carbonyl (C=O) groups is 1. The van der Waals surface area contributed by atoms with Gasteiger partial charge in [-0.05, 0) is 42.8 Å². The average molecular weight is 358 g/mol. The van der Waals surface area contributed by atoms with Crippen LogP contribution in [0.1, 0.15) is 12.5 Å². The third-order valence-electron chi connectivity index (χ3n) is 3.55. The number of aromatic nitrogens is 2. The van der Waals surface area contributed by atoms with Crippen molar-refractivity contribution in [3.05, 3.63) is 59.1 Å². The number of carbonyl (C=O) groups excluding carboxylic acids is 1. The molecule has 0 spiro atoms. The zero-order chi connectivity index (χ0) is 17.8. The van der Waals surface area contributed by atoms with Gasteiger partial charge in [-0.15, -0.1) is 0 Å². The quantitative estimate of drug-likeness (QED) is 0.743. The molecule has 7 heteroatoms. The number of aryl methyl sites for hydroxylation is 1. The predicted octanol–water partition coefficient (Wildman–Crippen LogP) is 4.10. The van der Waals surface area contributed by atoms with Crippen LogP contribution in [0.15, 0.2) is 53.1 Å². The highest BCUT2D eigenvalue weighted by Crippen LogP contribution is 2.25. The van der Waals surface area contributed by atoms with Crippen LogP contribution in [0, 0.1) is 6.92 Å². The van der Waals surface area contributed by atoms with Crippen molar-refractivity contribution < 1.29 is 14.1 Å². The molecular weight excluding hydrogens is 342 g/mol. The second-order valence-corrected chi connectivity index (χ2v) is 5.83. The van der Waals surface area contributed by atoms with Crippen molar-refractivity contribution in [3.63, 3.8) is 0 Å². The zero-order valence-corrected chi connectivity index (χ0v) is 14.4. The van der Waals surface area contributed by atoms with Crippen LogP contribution < -0.4 is 10.1 Å². The Bertz CT molecular complexity index is 895. The average Bonchev–Trinajstić information content (AvgIpc) is 3.05. The lowest BCUT2D eigenvalue weighted by molar-refractivity contribution is -0.122. The van der Waals surface area contributed by atoms with Crippen LogP contribution in [0.2, 0.25) is 5.02 Å². The summed E-state index contributed by atoms with van der Waals surface area (Å²) in [6, 6.07) is 14.6. The summed E-state index contributed by atoms with van der Waals surface area (Å²) in [7, 11) is 0. The molecule has 1 amide bonds. The highest BCUT2D eigenvalue weighted by molar-refractivity contribution is 6.32. The molecule has 25 heavy (non-hydrogen) atoms. The molecule has 0 saturated heterocycles. The number of hydrogen-bond acceptors (Lipinski definition) is 5. The number of ether oxygens (including phenoxy) is 1. The van der Waals surface area contributed by atoms with Crippen molar-refractivity contribution in [3.8, 4) is 17.2 Å². The standard InChI is InChI=1S/C18H16ClN3O3/c1-11-7-3-4-8-13(11)17-21-18(22-25-17)20-16(23)12(2)24-15-10-6-5-9-14(15)19/h3-10,12H,1-2H3,(H,20,22,23)/t12-/m1/s1. The largest absolute Gasteiger partial charge is 0.479 e. The van der Waals surface area contributed by atoms with Crippen molar-refractivity contribution in [2.75, 3.05) is 5.32 Å². The molecule has 2 aromatic carbocycles. The van der Waals surface area contributed by atoms with Crippen molar-refractivity contribution in [1.82, 2.24) is 10.1 Å². The molecule has 0 saturated carbocycles. The monoisotopic (exact) mass is 357 g/mol. The highest BCUT2D eigenvalue weighted by Gasteiger charge is 2.19. The Hall–Kier alpha value is -2.86. The Kier molecular flexibility index (Phi) is 5.00. The van der Waals surface area contributed by atoms with Gasteiger partial charge in [0.05, 0.1) is 5.02 Å². The topological polar surface area (TPSA) is 77.2 Å². The van der Waals surface area contributed by atoms with Crippen molar-refractivity contribution >= 4 is 23.5 Å². The fraction of sp³-hybridized carbons (Fsp3) is 0.167. The van der Waals surface area contributed by atoms with Gasteiger partial charge in [0.15, 0.2) is 6.10 Å². The lowest BCUT2D eigenvalue weighted by atomic mass is 10.1. The van der Waals surface area contributed by atoms with Crippen LogP contribution in [0.25, 0.3) is 11.5 Å². The summed E-state index contributed by atoms with van der Waals surface area (Å²) >= 11 is 6.02. The van der Waals surface area contributed by atoms with E-state index in [4.69, 9.17) is 20.9 Å². The van der Waals surface area contributed by atoms with Crippen molar-refractivity contribution in [2.24, 2.45) is 0 Å². The Morgan fingerprint density at radius 2 is 1.92 bits per heavy atom. The predicted molar refractivity (Wildman–Crippen MR) is 94.6 cm³/mol. The number of amides is 1. The normalized spacial score (nSPS) is 11.8. The number of nitrogens with one attached hydrogen (secondary N) is 1. The lowest BCUT2D eigenvalue weighted by Gasteiger charge is -2.14. The van der Waals surface area contributed by atoms with Gasteiger partial charge in [0.25, 0.3) is 17.7 Å². The van der Waals surface area contributed by atoms with E-state index in [1.807, 2.05) is 31.2 Å². The van der Waals surface area contributed by atoms with Crippen molar-refractivity contribution in [1.29, 1.82) is 0 Å². The van der Waals surface area contributed by atoms with Gasteiger partial charge in [-0.2, -0.15) is 4.98 Å². The molecule has 6 nitrogen and oxygen atoms in total. The van der Waals surface area contributed by atoms with Crippen LogP contribution in [0.5, 0.6) is 5.75 Å². The molecule has 0 fully saturated rings. The first kappa shape index (κ1) is 17.0. The number of nitrogens with zero attached hydrogens (tertiary/aromatic N) is 2. The van der Waals surface area contributed by atoms with E-state index in [1.54, 1.807) is 31.2 Å². The molecule has 3 rings (SSSR count). The molecule has 0 unspecified atom stereocenters. The molecule has 0 radical (unpaired) electrons. The van der Waals surface area contributed by atoms with Crippen LogP contribution in [-0.4, -0.2) is 22.2 Å². The van der Waals surface area contributed by atoms with Gasteiger partial charge in [-0.25, -0.2) is 0 Å². The third-order valence-corrected chi connectivity index (χ3v) is 3.86. The summed E-state index contributed by atoms with van der Waals surface area (Å²) in [5, 5.41) is 6.78. The minimum Gasteiger partial charge on any atom is -0.479 e. The molecule has 0 bridgehead atoms. The Labute approximate surface area is 149 Å². The van der Waals surface area contributed by atoms with E-state index in [9.17, 15) is 4.79 Å². The summed E-state index contributed by atoms with van der Waals surface area (Å²) < 4.78 is 10.8. The minimum atomic E-state index is -0.777. The van der Waals surface area contributed by atoms with Gasteiger partial charge < -0.3 is 9.26 Å². The first-order valence-electron chi connectivity index (χ1n) is 7.66. The maximum atomic E-state index is 12.2. The maximum absolute atomic E-state index is 12.2. The van der Waals surface area contributed by atoms with Gasteiger partial charge >= 0.3 is 0 Å². The number of para-hydroxylation sites is 1. The minimum absolute atomic E-state index is 0.0814. The van der Waals surface area contributed by atoms with E-state index >= 15 is 0 Å². The first-order valence-corrected chi connectivity index (χ1v) is 8.04. The fourth-order valence-electron chi connectivity index (χ4n) is 2.19. The number of halogens is 1. The van der Waals surface area contributed by atoms with Crippen LogP contribution in [0.3, 0.4) is 0 Å². The van der Waals surface area contributed by atoms with E-state index in [0.717, 1.165) is 11.1 Å². The first-order chi connectivity index (χ1) is 12.0. The second-order valence-electron chi connectivity index (χ2n) is 5.42. The van der Waals surface area contributed by atoms with Gasteiger partial charge in [-0.3, -0.25) is 10.1 Å². The summed E-state index contributed by atoms with van der Waals surface area (Å²) in [4.78, 5) is 16.4. The number of anilines is 1. The van der Waals surface area contributed by atoms with Crippen LogP contribution in [-0.2, 0) is 4.79 Å². The van der Waals surface area contributed by atoms with Gasteiger partial charge in [0.2, 0.25) is 0 Å². The summed E-state index contributed by atoms with van der Waals surface area (Å²) in [5.41, 5.74) is 1.82.